The number of fused-ring (bicyclic) bond motifs is 1. The fourth-order valence-electron chi connectivity index (χ4n) is 2.94. The largest absolute Gasteiger partial charge is 0.352 e. The number of imidazole rings is 1. The van der Waals surface area contributed by atoms with Crippen molar-refractivity contribution in [2.75, 3.05) is 11.9 Å². The summed E-state index contributed by atoms with van der Waals surface area (Å²) in [6.07, 6.45) is 1.67. The third-order valence-corrected chi connectivity index (χ3v) is 4.77. The lowest BCUT2D eigenvalue weighted by atomic mass is 10.1. The number of nitrogens with one attached hydrogen (secondary N) is 2. The van der Waals surface area contributed by atoms with Gasteiger partial charge in [0.1, 0.15) is 10.1 Å². The van der Waals surface area contributed by atoms with Gasteiger partial charge < -0.3 is 15.2 Å². The highest BCUT2D eigenvalue weighted by molar-refractivity contribution is 9.10. The third kappa shape index (κ3) is 3.58. The van der Waals surface area contributed by atoms with Crippen LogP contribution in [0.4, 0.5) is 20.3 Å². The number of nitrogens with zero attached hydrogens (tertiary/aromatic N) is 3. The first kappa shape index (κ1) is 20.2. The van der Waals surface area contributed by atoms with Crippen molar-refractivity contribution in [3.05, 3.63) is 45.8 Å². The average Bonchev–Trinajstić information content (AvgIpc) is 3.06. The van der Waals surface area contributed by atoms with E-state index in [1.54, 1.807) is 19.3 Å². The predicted octanol–water partition coefficient (Wildman–Crippen LogP) is 4.85. The molecule has 0 bridgehead atoms. The van der Waals surface area contributed by atoms with E-state index in [4.69, 9.17) is 0 Å². The van der Waals surface area contributed by atoms with Crippen LogP contribution in [-0.4, -0.2) is 27.0 Å². The summed E-state index contributed by atoms with van der Waals surface area (Å²) in [5.74, 6) is -2.31. The number of halogens is 3. The SMILES string of the molecule is CCNC(=O)c1cc(Nc2nc(Br)cc3ncn(C(C)C)c23)c(F)c(F)c1C. The number of anilines is 2. The summed E-state index contributed by atoms with van der Waals surface area (Å²) in [6.45, 7) is 7.46. The first-order valence-electron chi connectivity index (χ1n) is 8.81. The molecule has 0 aliphatic rings. The Morgan fingerprint density at radius 3 is 2.64 bits per heavy atom. The van der Waals surface area contributed by atoms with Gasteiger partial charge in [-0.1, -0.05) is 0 Å². The number of carbonyl (C=O) groups excluding carboxylic acids is 1. The fraction of sp³-hybridized carbons (Fsp3) is 0.316. The van der Waals surface area contributed by atoms with Crippen LogP contribution < -0.4 is 10.6 Å². The van der Waals surface area contributed by atoms with Gasteiger partial charge in [0.2, 0.25) is 0 Å². The van der Waals surface area contributed by atoms with Crippen molar-refractivity contribution in [1.82, 2.24) is 19.9 Å². The normalized spacial score (nSPS) is 11.3. The summed E-state index contributed by atoms with van der Waals surface area (Å²) in [5.41, 5.74) is 1.14. The molecule has 9 heteroatoms. The molecule has 2 N–H and O–H groups in total. The number of benzene rings is 1. The Labute approximate surface area is 169 Å². The van der Waals surface area contributed by atoms with Crippen molar-refractivity contribution < 1.29 is 13.6 Å². The maximum Gasteiger partial charge on any atom is 0.251 e. The van der Waals surface area contributed by atoms with Crippen LogP contribution in [0, 0.1) is 18.6 Å². The average molecular weight is 452 g/mol. The van der Waals surface area contributed by atoms with Crippen molar-refractivity contribution in [3.8, 4) is 0 Å². The van der Waals surface area contributed by atoms with Gasteiger partial charge in [-0.3, -0.25) is 4.79 Å². The molecule has 1 aromatic carbocycles. The Morgan fingerprint density at radius 2 is 2.00 bits per heavy atom. The molecule has 2 heterocycles. The second-order valence-electron chi connectivity index (χ2n) is 6.62. The van der Waals surface area contributed by atoms with Crippen LogP contribution >= 0.6 is 15.9 Å². The van der Waals surface area contributed by atoms with E-state index in [0.717, 1.165) is 0 Å². The molecule has 2 aromatic heterocycles. The van der Waals surface area contributed by atoms with E-state index in [2.05, 4.69) is 36.5 Å². The second kappa shape index (κ2) is 7.83. The molecular weight excluding hydrogens is 432 g/mol. The Hall–Kier alpha value is -2.55. The molecule has 0 unspecified atom stereocenters. The third-order valence-electron chi connectivity index (χ3n) is 4.36. The summed E-state index contributed by atoms with van der Waals surface area (Å²) in [7, 11) is 0. The molecule has 3 aromatic rings. The van der Waals surface area contributed by atoms with E-state index in [1.165, 1.54) is 13.0 Å². The van der Waals surface area contributed by atoms with Crippen molar-refractivity contribution in [3.63, 3.8) is 0 Å². The van der Waals surface area contributed by atoms with Crippen molar-refractivity contribution >= 4 is 44.4 Å². The molecule has 0 aliphatic carbocycles. The van der Waals surface area contributed by atoms with Gasteiger partial charge in [-0.05, 0) is 55.8 Å². The minimum Gasteiger partial charge on any atom is -0.352 e. The predicted molar refractivity (Wildman–Crippen MR) is 108 cm³/mol. The topological polar surface area (TPSA) is 71.8 Å². The molecule has 148 valence electrons. The molecule has 0 spiro atoms. The van der Waals surface area contributed by atoms with Crippen molar-refractivity contribution in [2.24, 2.45) is 0 Å². The zero-order chi connectivity index (χ0) is 20.6. The van der Waals surface area contributed by atoms with Gasteiger partial charge in [0, 0.05) is 23.7 Å². The summed E-state index contributed by atoms with van der Waals surface area (Å²) in [4.78, 5) is 21.0. The van der Waals surface area contributed by atoms with Gasteiger partial charge >= 0.3 is 0 Å². The van der Waals surface area contributed by atoms with Gasteiger partial charge in [0.15, 0.2) is 17.5 Å². The van der Waals surface area contributed by atoms with E-state index in [9.17, 15) is 13.6 Å². The fourth-order valence-corrected chi connectivity index (χ4v) is 3.33. The minimum absolute atomic E-state index is 0.0476. The molecule has 0 saturated carbocycles. The van der Waals surface area contributed by atoms with Crippen LogP contribution in [0.3, 0.4) is 0 Å². The molecule has 0 fully saturated rings. The maximum absolute atomic E-state index is 14.6. The Kier molecular flexibility index (Phi) is 5.64. The summed E-state index contributed by atoms with van der Waals surface area (Å²) in [6, 6.07) is 3.12. The molecule has 0 saturated heterocycles. The number of amides is 1. The first-order valence-corrected chi connectivity index (χ1v) is 9.60. The van der Waals surface area contributed by atoms with Gasteiger partial charge in [-0.2, -0.15) is 0 Å². The van der Waals surface area contributed by atoms with Crippen LogP contribution in [-0.2, 0) is 0 Å². The van der Waals surface area contributed by atoms with E-state index in [1.807, 2.05) is 18.4 Å². The van der Waals surface area contributed by atoms with Gasteiger partial charge in [0.05, 0.1) is 17.5 Å². The zero-order valence-electron chi connectivity index (χ0n) is 15.9. The monoisotopic (exact) mass is 451 g/mol. The number of carbonyl (C=O) groups is 1. The molecule has 0 aliphatic heterocycles. The standard InChI is InChI=1S/C19H20BrF2N5O/c1-5-23-19(28)11-6-12(16(22)15(21)10(11)4)25-18-17-13(7-14(20)26-18)24-8-27(17)9(2)3/h6-9H,5H2,1-4H3,(H,23,28)(H,25,26). The van der Waals surface area contributed by atoms with E-state index >= 15 is 0 Å². The zero-order valence-corrected chi connectivity index (χ0v) is 17.5. The highest BCUT2D eigenvalue weighted by Gasteiger charge is 2.21. The Bertz CT molecular complexity index is 1060. The van der Waals surface area contributed by atoms with Gasteiger partial charge in [0.25, 0.3) is 5.91 Å². The van der Waals surface area contributed by atoms with Crippen molar-refractivity contribution in [1.29, 1.82) is 0 Å². The minimum atomic E-state index is -1.07. The second-order valence-corrected chi connectivity index (χ2v) is 7.43. The molecule has 6 nitrogen and oxygen atoms in total. The Morgan fingerprint density at radius 1 is 1.29 bits per heavy atom. The quantitative estimate of drug-likeness (QED) is 0.543. The van der Waals surface area contributed by atoms with Crippen LogP contribution in [0.5, 0.6) is 0 Å². The van der Waals surface area contributed by atoms with Crippen LogP contribution in [0.25, 0.3) is 11.0 Å². The number of aromatic nitrogens is 3. The van der Waals surface area contributed by atoms with E-state index in [-0.39, 0.29) is 22.9 Å². The number of pyridine rings is 1. The number of hydrogen-bond donors (Lipinski definition) is 2. The molecular formula is C19H20BrF2N5O. The van der Waals surface area contributed by atoms with Crippen LogP contribution in [0.1, 0.15) is 42.7 Å². The van der Waals surface area contributed by atoms with Crippen molar-refractivity contribution in [2.45, 2.75) is 33.7 Å². The highest BCUT2D eigenvalue weighted by atomic mass is 79.9. The van der Waals surface area contributed by atoms with Crippen LogP contribution in [0.15, 0.2) is 23.1 Å². The molecule has 0 radical (unpaired) electrons. The highest BCUT2D eigenvalue weighted by Crippen LogP contribution is 2.32. The summed E-state index contributed by atoms with van der Waals surface area (Å²) >= 11 is 3.31. The van der Waals surface area contributed by atoms with Gasteiger partial charge in [-0.25, -0.2) is 18.7 Å². The molecule has 1 amide bonds. The molecule has 3 rings (SSSR count). The number of rotatable bonds is 5. The lowest BCUT2D eigenvalue weighted by Crippen LogP contribution is -2.24. The van der Waals surface area contributed by atoms with Crippen LogP contribution in [0.2, 0.25) is 0 Å². The molecule has 28 heavy (non-hydrogen) atoms. The van der Waals surface area contributed by atoms with E-state index < -0.39 is 17.5 Å². The van der Waals surface area contributed by atoms with E-state index in [0.29, 0.717) is 28.0 Å². The maximum atomic E-state index is 14.6. The molecule has 0 atom stereocenters. The first-order chi connectivity index (χ1) is 13.2. The summed E-state index contributed by atoms with van der Waals surface area (Å²) < 4.78 is 31.5. The van der Waals surface area contributed by atoms with Gasteiger partial charge in [-0.15, -0.1) is 0 Å². The Balaban J connectivity index is 2.16. The lowest BCUT2D eigenvalue weighted by molar-refractivity contribution is 0.0954. The number of hydrogen-bond acceptors (Lipinski definition) is 4. The smallest absolute Gasteiger partial charge is 0.251 e. The summed E-state index contributed by atoms with van der Waals surface area (Å²) in [5, 5.41) is 5.45. The lowest BCUT2D eigenvalue weighted by Gasteiger charge is -2.15.